The van der Waals surface area contributed by atoms with Gasteiger partial charge < -0.3 is 10.8 Å². The summed E-state index contributed by atoms with van der Waals surface area (Å²) in [5.74, 6) is 0.0605. The van der Waals surface area contributed by atoms with E-state index < -0.39 is 10.0 Å². The van der Waals surface area contributed by atoms with Gasteiger partial charge in [-0.05, 0) is 30.4 Å². The van der Waals surface area contributed by atoms with Crippen molar-refractivity contribution in [3.63, 3.8) is 0 Å². The molecule has 1 rings (SSSR count). The summed E-state index contributed by atoms with van der Waals surface area (Å²) in [6, 6.07) is 6.95. The van der Waals surface area contributed by atoms with Gasteiger partial charge in [0.1, 0.15) is 0 Å². The van der Waals surface area contributed by atoms with Crippen molar-refractivity contribution >= 4 is 15.7 Å². The van der Waals surface area contributed by atoms with E-state index in [1.54, 1.807) is 24.3 Å². The summed E-state index contributed by atoms with van der Waals surface area (Å²) < 4.78 is 26.7. The normalized spacial score (nSPS) is 13.3. The molecule has 5 nitrogen and oxygen atoms in total. The minimum absolute atomic E-state index is 0.0814. The van der Waals surface area contributed by atoms with Crippen molar-refractivity contribution in [2.24, 2.45) is 5.92 Å². The molecule has 114 valence electrons. The van der Waals surface area contributed by atoms with Gasteiger partial charge in [0.05, 0.1) is 5.75 Å². The van der Waals surface area contributed by atoms with Crippen molar-refractivity contribution < 1.29 is 13.5 Å². The zero-order valence-electron chi connectivity index (χ0n) is 11.9. The summed E-state index contributed by atoms with van der Waals surface area (Å²) in [6.07, 6.45) is 2.48. The topological polar surface area (TPSA) is 92.4 Å². The molecule has 0 aromatic heterocycles. The average molecular weight is 300 g/mol. The van der Waals surface area contributed by atoms with Crippen LogP contribution in [0.2, 0.25) is 0 Å². The minimum Gasteiger partial charge on any atom is -0.398 e. The Hall–Kier alpha value is -1.11. The molecule has 0 amide bonds. The molecule has 0 fully saturated rings. The van der Waals surface area contributed by atoms with E-state index in [9.17, 15) is 8.42 Å². The van der Waals surface area contributed by atoms with Gasteiger partial charge in [0.2, 0.25) is 10.0 Å². The molecule has 0 bridgehead atoms. The zero-order chi connectivity index (χ0) is 15.0. The number of nitrogens with two attached hydrogens (primary N) is 1. The highest BCUT2D eigenvalue weighted by molar-refractivity contribution is 7.88. The van der Waals surface area contributed by atoms with Crippen molar-refractivity contribution in [1.82, 2.24) is 4.72 Å². The van der Waals surface area contributed by atoms with Crippen LogP contribution in [0.3, 0.4) is 0 Å². The van der Waals surface area contributed by atoms with E-state index in [2.05, 4.69) is 4.72 Å². The lowest BCUT2D eigenvalue weighted by atomic mass is 10.0. The van der Waals surface area contributed by atoms with Gasteiger partial charge in [-0.2, -0.15) is 0 Å². The number of hydrogen-bond acceptors (Lipinski definition) is 4. The van der Waals surface area contributed by atoms with Gasteiger partial charge in [0.25, 0.3) is 0 Å². The van der Waals surface area contributed by atoms with Gasteiger partial charge in [-0.25, -0.2) is 13.1 Å². The summed E-state index contributed by atoms with van der Waals surface area (Å²) >= 11 is 0. The molecule has 20 heavy (non-hydrogen) atoms. The molecule has 1 aromatic carbocycles. The smallest absolute Gasteiger partial charge is 0.215 e. The van der Waals surface area contributed by atoms with E-state index in [0.717, 1.165) is 12.8 Å². The van der Waals surface area contributed by atoms with Crippen LogP contribution in [0, 0.1) is 5.92 Å². The van der Waals surface area contributed by atoms with Crippen LogP contribution in [0.4, 0.5) is 5.69 Å². The molecule has 0 spiro atoms. The van der Waals surface area contributed by atoms with Crippen LogP contribution in [0.5, 0.6) is 0 Å². The first kappa shape index (κ1) is 16.9. The van der Waals surface area contributed by atoms with E-state index in [4.69, 9.17) is 10.8 Å². The number of nitrogen functional groups attached to an aromatic ring is 1. The number of anilines is 1. The maximum Gasteiger partial charge on any atom is 0.215 e. The van der Waals surface area contributed by atoms with Crippen molar-refractivity contribution in [3.05, 3.63) is 29.8 Å². The molecule has 4 N–H and O–H groups in total. The quantitative estimate of drug-likeness (QED) is 0.602. The molecule has 0 saturated carbocycles. The van der Waals surface area contributed by atoms with Gasteiger partial charge in [0, 0.05) is 18.8 Å². The Balaban J connectivity index is 2.59. The Morgan fingerprint density at radius 3 is 2.60 bits per heavy atom. The summed E-state index contributed by atoms with van der Waals surface area (Å²) in [5, 5.41) is 8.97. The second-order valence-corrected chi connectivity index (χ2v) is 6.78. The maximum atomic E-state index is 12.0. The standard InChI is InChI=1S/C14H24N2O3S/c1-2-5-12(8-9-17)10-16-20(18,19)11-13-6-3-4-7-14(13)15/h3-4,6-7,12,16-17H,2,5,8-11,15H2,1H3. The van der Waals surface area contributed by atoms with Crippen LogP contribution in [0.25, 0.3) is 0 Å². The van der Waals surface area contributed by atoms with Crippen LogP contribution in [0.15, 0.2) is 24.3 Å². The summed E-state index contributed by atoms with van der Waals surface area (Å²) in [6.45, 7) is 2.49. The highest BCUT2D eigenvalue weighted by atomic mass is 32.2. The Morgan fingerprint density at radius 2 is 2.00 bits per heavy atom. The fourth-order valence-corrected chi connectivity index (χ4v) is 3.37. The molecule has 6 heteroatoms. The fraction of sp³-hybridized carbons (Fsp3) is 0.571. The van der Waals surface area contributed by atoms with E-state index in [1.807, 2.05) is 6.92 Å². The maximum absolute atomic E-state index is 12.0. The molecule has 0 aliphatic rings. The van der Waals surface area contributed by atoms with Crippen molar-refractivity contribution in [2.75, 3.05) is 18.9 Å². The second-order valence-electron chi connectivity index (χ2n) is 4.97. The molecule has 0 heterocycles. The number of rotatable bonds is 9. The van der Waals surface area contributed by atoms with Gasteiger partial charge in [-0.1, -0.05) is 31.5 Å². The molecule has 0 radical (unpaired) electrons. The third-order valence-electron chi connectivity index (χ3n) is 3.23. The molecule has 0 aliphatic heterocycles. The van der Waals surface area contributed by atoms with E-state index in [1.165, 1.54) is 0 Å². The first-order chi connectivity index (χ1) is 9.48. The average Bonchev–Trinajstić information content (AvgIpc) is 2.39. The van der Waals surface area contributed by atoms with Crippen molar-refractivity contribution in [2.45, 2.75) is 31.9 Å². The SMILES string of the molecule is CCCC(CCO)CNS(=O)(=O)Cc1ccccc1N. The molecule has 0 saturated heterocycles. The third-order valence-corrected chi connectivity index (χ3v) is 4.52. The number of aliphatic hydroxyl groups is 1. The third kappa shape index (κ3) is 5.90. The minimum atomic E-state index is -3.40. The predicted octanol–water partition coefficient (Wildman–Crippen LogP) is 1.49. The Bertz CT molecular complexity index is 497. The van der Waals surface area contributed by atoms with Gasteiger partial charge >= 0.3 is 0 Å². The molecule has 1 unspecified atom stereocenters. The van der Waals surface area contributed by atoms with Crippen LogP contribution in [0.1, 0.15) is 31.7 Å². The lowest BCUT2D eigenvalue weighted by Crippen LogP contribution is -2.31. The fourth-order valence-electron chi connectivity index (χ4n) is 2.11. The number of nitrogens with one attached hydrogen (secondary N) is 1. The number of hydrogen-bond donors (Lipinski definition) is 3. The first-order valence-electron chi connectivity index (χ1n) is 6.90. The highest BCUT2D eigenvalue weighted by Crippen LogP contribution is 2.15. The zero-order valence-corrected chi connectivity index (χ0v) is 12.7. The molecule has 1 aromatic rings. The second kappa shape index (κ2) is 8.24. The van der Waals surface area contributed by atoms with E-state index >= 15 is 0 Å². The number of aliphatic hydroxyl groups excluding tert-OH is 1. The summed E-state index contributed by atoms with van der Waals surface area (Å²) in [5.41, 5.74) is 6.84. The van der Waals surface area contributed by atoms with Gasteiger partial charge in [-0.3, -0.25) is 0 Å². The Kier molecular flexibility index (Phi) is 6.98. The van der Waals surface area contributed by atoms with E-state index in [0.29, 0.717) is 24.2 Å². The molecule has 0 aliphatic carbocycles. The van der Waals surface area contributed by atoms with Crippen molar-refractivity contribution in [1.29, 1.82) is 0 Å². The first-order valence-corrected chi connectivity index (χ1v) is 8.55. The van der Waals surface area contributed by atoms with E-state index in [-0.39, 0.29) is 18.3 Å². The van der Waals surface area contributed by atoms with Crippen molar-refractivity contribution in [3.8, 4) is 0 Å². The van der Waals surface area contributed by atoms with Gasteiger partial charge in [0.15, 0.2) is 0 Å². The molecule has 1 atom stereocenters. The summed E-state index contributed by atoms with van der Waals surface area (Å²) in [4.78, 5) is 0. The number of sulfonamides is 1. The Morgan fingerprint density at radius 1 is 1.30 bits per heavy atom. The predicted molar refractivity (Wildman–Crippen MR) is 81.6 cm³/mol. The number of benzene rings is 1. The van der Waals surface area contributed by atoms with Crippen LogP contribution >= 0.6 is 0 Å². The van der Waals surface area contributed by atoms with Crippen LogP contribution in [-0.4, -0.2) is 26.7 Å². The molecular formula is C14H24N2O3S. The Labute approximate surface area is 121 Å². The van der Waals surface area contributed by atoms with Crippen LogP contribution in [-0.2, 0) is 15.8 Å². The van der Waals surface area contributed by atoms with Crippen LogP contribution < -0.4 is 10.5 Å². The summed E-state index contributed by atoms with van der Waals surface area (Å²) in [7, 11) is -3.40. The lowest BCUT2D eigenvalue weighted by molar-refractivity contribution is 0.251. The number of para-hydroxylation sites is 1. The lowest BCUT2D eigenvalue weighted by Gasteiger charge is -2.16. The molecular weight excluding hydrogens is 276 g/mol. The monoisotopic (exact) mass is 300 g/mol. The van der Waals surface area contributed by atoms with Gasteiger partial charge in [-0.15, -0.1) is 0 Å². The highest BCUT2D eigenvalue weighted by Gasteiger charge is 2.16. The largest absolute Gasteiger partial charge is 0.398 e.